The Hall–Kier alpha value is -5.02. The summed E-state index contributed by atoms with van der Waals surface area (Å²) in [6.45, 7) is 8.32. The molecule has 16 heteroatoms. The van der Waals surface area contributed by atoms with E-state index in [2.05, 4.69) is 57.6 Å². The van der Waals surface area contributed by atoms with E-state index in [-0.39, 0.29) is 54.3 Å². The molecule has 2 N–H and O–H groups in total. The number of alkyl halides is 2. The molecule has 4 aromatic heterocycles. The van der Waals surface area contributed by atoms with Crippen molar-refractivity contribution in [3.05, 3.63) is 97.1 Å². The van der Waals surface area contributed by atoms with Crippen molar-refractivity contribution < 1.29 is 19.1 Å². The number of imidazole rings is 2. The molecule has 0 radical (unpaired) electrons. The Morgan fingerprint density at radius 1 is 0.691 bits per heavy atom. The molecule has 55 heavy (non-hydrogen) atoms. The molecule has 0 spiro atoms. The van der Waals surface area contributed by atoms with Crippen LogP contribution in [0.15, 0.2) is 86.0 Å². The predicted molar refractivity (Wildman–Crippen MR) is 212 cm³/mol. The van der Waals surface area contributed by atoms with Crippen molar-refractivity contribution >= 4 is 69.0 Å². The summed E-state index contributed by atoms with van der Waals surface area (Å²) >= 11 is 13.2. The smallest absolute Gasteiger partial charge is 0.266 e. The summed E-state index contributed by atoms with van der Waals surface area (Å²) < 4.78 is 15.8. The van der Waals surface area contributed by atoms with Gasteiger partial charge in [-0.15, -0.1) is 23.2 Å². The highest BCUT2D eigenvalue weighted by Gasteiger charge is 2.43. The van der Waals surface area contributed by atoms with Crippen molar-refractivity contribution in [1.82, 2.24) is 39.0 Å². The van der Waals surface area contributed by atoms with Gasteiger partial charge < -0.3 is 15.2 Å². The van der Waals surface area contributed by atoms with Gasteiger partial charge in [0, 0.05) is 23.0 Å². The fraction of sp³-hybridized carbons (Fsp3) is 0.385. The third-order valence-electron chi connectivity index (χ3n) is 10.1. The molecule has 2 aliphatic heterocycles. The number of amides is 2. The fourth-order valence-corrected chi connectivity index (χ4v) is 7.70. The van der Waals surface area contributed by atoms with Gasteiger partial charge in [0.1, 0.15) is 18.2 Å². The Bertz CT molecular complexity index is 2200. The number of nitrogen functional groups attached to an aromatic ring is 1. The zero-order valence-corrected chi connectivity index (χ0v) is 31.6. The molecule has 2 saturated heterocycles. The minimum absolute atomic E-state index is 0. The predicted octanol–water partition coefficient (Wildman–Crippen LogP) is 7.46. The van der Waals surface area contributed by atoms with Crippen molar-refractivity contribution in [1.29, 1.82) is 0 Å². The van der Waals surface area contributed by atoms with Gasteiger partial charge in [-0.05, 0) is 37.1 Å². The number of ether oxygens (including phenoxy) is 2. The van der Waals surface area contributed by atoms with E-state index >= 15 is 0 Å². The number of carbonyl (C=O) groups excluding carboxylic acids is 2. The number of aromatic nitrogens is 8. The average Bonchev–Trinajstić information content (AvgIpc) is 3.97. The van der Waals surface area contributed by atoms with Gasteiger partial charge >= 0.3 is 0 Å². The van der Waals surface area contributed by atoms with E-state index in [1.807, 2.05) is 4.57 Å². The van der Waals surface area contributed by atoms with E-state index in [0.29, 0.717) is 39.3 Å². The number of nitrogens with zero attached hydrogens (tertiary/aromatic N) is 9. The number of hydrogen-bond acceptors (Lipinski definition) is 11. The maximum Gasteiger partial charge on any atom is 0.266 e. The summed E-state index contributed by atoms with van der Waals surface area (Å²) in [5, 5.41) is -0.401. The van der Waals surface area contributed by atoms with Crippen LogP contribution in [-0.2, 0) is 9.47 Å². The third kappa shape index (κ3) is 7.39. The largest absolute Gasteiger partial charge is 0.382 e. The van der Waals surface area contributed by atoms with Crippen molar-refractivity contribution in [3.8, 4) is 0 Å². The monoisotopic (exact) mass is 786 g/mol. The summed E-state index contributed by atoms with van der Waals surface area (Å²) in [4.78, 5) is 53.9. The van der Waals surface area contributed by atoms with Crippen molar-refractivity contribution in [2.75, 3.05) is 10.6 Å². The highest BCUT2D eigenvalue weighted by atomic mass is 35.5. The molecule has 8 atom stereocenters. The van der Waals surface area contributed by atoms with E-state index in [0.717, 1.165) is 17.7 Å². The lowest BCUT2D eigenvalue weighted by Gasteiger charge is -2.21. The molecule has 6 heterocycles. The number of imide groups is 1. The molecule has 8 rings (SSSR count). The summed E-state index contributed by atoms with van der Waals surface area (Å²) in [6.07, 6.45) is 7.18. The Balaban J connectivity index is 0.000000217. The molecule has 0 saturated carbocycles. The van der Waals surface area contributed by atoms with E-state index < -0.39 is 18.0 Å². The minimum Gasteiger partial charge on any atom is -0.382 e. The van der Waals surface area contributed by atoms with Crippen LogP contribution in [0.4, 0.5) is 11.6 Å². The highest BCUT2D eigenvalue weighted by molar-refractivity contribution is 6.27. The topological polar surface area (TPSA) is 169 Å². The van der Waals surface area contributed by atoms with Gasteiger partial charge in [0.2, 0.25) is 0 Å². The van der Waals surface area contributed by atoms with Crippen molar-refractivity contribution in [2.45, 2.75) is 83.4 Å². The molecule has 0 unspecified atom stereocenters. The molecule has 14 nitrogen and oxygen atoms in total. The first kappa shape index (κ1) is 39.7. The Labute approximate surface area is 329 Å². The first-order valence-electron chi connectivity index (χ1n) is 17.8. The summed E-state index contributed by atoms with van der Waals surface area (Å²) in [6, 6.07) is 17.2. The van der Waals surface area contributed by atoms with Gasteiger partial charge in [-0.25, -0.2) is 34.8 Å². The molecule has 6 aromatic rings. The highest BCUT2D eigenvalue weighted by Crippen LogP contribution is 2.41. The average molecular weight is 788 g/mol. The Morgan fingerprint density at radius 3 is 1.58 bits per heavy atom. The zero-order chi connectivity index (χ0) is 38.1. The van der Waals surface area contributed by atoms with Crippen LogP contribution in [0.1, 0.15) is 81.1 Å². The summed E-state index contributed by atoms with van der Waals surface area (Å²) in [5.74, 6) is -0.134. The summed E-state index contributed by atoms with van der Waals surface area (Å²) in [5.41, 5.74) is 8.47. The number of nitrogens with two attached hydrogens (primary N) is 1. The van der Waals surface area contributed by atoms with Crippen LogP contribution >= 0.6 is 23.2 Å². The second kappa shape index (κ2) is 16.8. The number of anilines is 2. The van der Waals surface area contributed by atoms with Gasteiger partial charge in [0.05, 0.1) is 35.6 Å². The number of rotatable bonds is 7. The standard InChI is InChI=1S/C26H24ClN5O3.C12H16ClN5O.CH4/c1-3-19-16(2)20(27)26(35-19)31-15-30-21-22(31)28-14-29-23(21)32(24(33)17-10-6-4-7-11-17)25(34)18-12-8-5-9-13-18;1-3-7-6(2)8(13)12(19-7)18-5-17-9-10(14)15-4-16-11(9)18;/h4-16,19-20,26H,3H2,1-2H3;4-8,12H,3H2,1-2H3,(H2,14,15,16);1H4/t16-,19-,20-,26-;6-,7-,8-,12-;/m11./s1. The first-order chi connectivity index (χ1) is 26.1. The number of carbonyl (C=O) groups is 2. The first-order valence-corrected chi connectivity index (χ1v) is 18.7. The second-order valence-electron chi connectivity index (χ2n) is 13.3. The Kier molecular flexibility index (Phi) is 12.1. The van der Waals surface area contributed by atoms with Crippen molar-refractivity contribution in [2.24, 2.45) is 11.8 Å². The molecular formula is C39H44Cl2N10O4. The minimum atomic E-state index is -0.513. The molecule has 0 aliphatic carbocycles. The lowest BCUT2D eigenvalue weighted by Crippen LogP contribution is -2.38. The molecule has 2 amide bonds. The van der Waals surface area contributed by atoms with E-state index in [9.17, 15) is 9.59 Å². The molecule has 288 valence electrons. The van der Waals surface area contributed by atoms with Crippen LogP contribution in [0.3, 0.4) is 0 Å². The van der Waals surface area contributed by atoms with Gasteiger partial charge in [-0.1, -0.05) is 71.5 Å². The number of hydrogen-bond donors (Lipinski definition) is 1. The van der Waals surface area contributed by atoms with E-state index in [1.165, 1.54) is 12.7 Å². The molecule has 0 bridgehead atoms. The van der Waals surface area contributed by atoms with Gasteiger partial charge in [-0.2, -0.15) is 0 Å². The van der Waals surface area contributed by atoms with Gasteiger partial charge in [-0.3, -0.25) is 18.7 Å². The van der Waals surface area contributed by atoms with Crippen LogP contribution in [-0.4, -0.2) is 73.8 Å². The Morgan fingerprint density at radius 2 is 1.13 bits per heavy atom. The molecule has 2 aliphatic rings. The van der Waals surface area contributed by atoms with Crippen LogP contribution in [0.5, 0.6) is 0 Å². The molecular weight excluding hydrogens is 743 g/mol. The van der Waals surface area contributed by atoms with Crippen LogP contribution < -0.4 is 10.6 Å². The molecule has 2 aromatic carbocycles. The van der Waals surface area contributed by atoms with Crippen LogP contribution in [0, 0.1) is 11.8 Å². The van der Waals surface area contributed by atoms with Gasteiger partial charge in [0.25, 0.3) is 11.8 Å². The number of halogens is 2. The number of fused-ring (bicyclic) bond motifs is 2. The SMILES string of the molecule is C.CC[C@H]1O[C@@H](n2cnc3c(N(C(=O)c4ccccc4)C(=O)c4ccccc4)ncnc32)[C@H](Cl)[C@@H]1C.CC[C@H]1O[C@@H](n2cnc3c(N)ncnc32)[C@H](Cl)[C@@H]1C. The van der Waals surface area contributed by atoms with Crippen molar-refractivity contribution in [3.63, 3.8) is 0 Å². The van der Waals surface area contributed by atoms with Gasteiger partial charge in [0.15, 0.2) is 40.9 Å². The second-order valence-corrected chi connectivity index (χ2v) is 14.3. The normalized spacial score (nSPS) is 24.6. The lowest BCUT2D eigenvalue weighted by atomic mass is 10.0. The quantitative estimate of drug-likeness (QED) is 0.126. The van der Waals surface area contributed by atoms with Crippen LogP contribution in [0.25, 0.3) is 22.3 Å². The maximum absolute atomic E-state index is 13.6. The lowest BCUT2D eigenvalue weighted by molar-refractivity contribution is -0.00249. The maximum atomic E-state index is 13.6. The fourth-order valence-electron chi connectivity index (χ4n) is 7.01. The van der Waals surface area contributed by atoms with E-state index in [1.54, 1.807) is 77.9 Å². The zero-order valence-electron chi connectivity index (χ0n) is 30.1. The summed E-state index contributed by atoms with van der Waals surface area (Å²) in [7, 11) is 0. The third-order valence-corrected chi connectivity index (χ3v) is 11.3. The molecule has 2 fully saturated rings. The van der Waals surface area contributed by atoms with Crippen LogP contribution in [0.2, 0.25) is 0 Å². The number of benzene rings is 2. The van der Waals surface area contributed by atoms with E-state index in [4.69, 9.17) is 38.4 Å².